The maximum Gasteiger partial charge on any atom is 0.150 e. The summed E-state index contributed by atoms with van der Waals surface area (Å²) in [4.78, 5) is 4.54. The maximum atomic E-state index is 6.26. The summed E-state index contributed by atoms with van der Waals surface area (Å²) < 4.78 is 1.93. The Morgan fingerprint density at radius 3 is 2.42 bits per heavy atom. The van der Waals surface area contributed by atoms with E-state index < -0.39 is 0 Å². The minimum Gasteiger partial charge on any atom is -0.394 e. The third-order valence-corrected chi connectivity index (χ3v) is 3.33. The third kappa shape index (κ3) is 4.13. The van der Waals surface area contributed by atoms with Crippen molar-refractivity contribution in [1.29, 1.82) is 0 Å². The smallest absolute Gasteiger partial charge is 0.150 e. The van der Waals surface area contributed by atoms with Crippen molar-refractivity contribution in [1.82, 2.24) is 14.7 Å². The Kier molecular flexibility index (Phi) is 6.15. The van der Waals surface area contributed by atoms with Gasteiger partial charge in [0.15, 0.2) is 0 Å². The number of rotatable bonds is 8. The second kappa shape index (κ2) is 7.38. The lowest BCUT2D eigenvalue weighted by atomic mass is 10.2. The van der Waals surface area contributed by atoms with Crippen molar-refractivity contribution >= 4 is 11.5 Å². The Morgan fingerprint density at radius 1 is 1.21 bits per heavy atom. The molecule has 0 fully saturated rings. The van der Waals surface area contributed by atoms with Crippen LogP contribution in [0, 0.1) is 0 Å². The molecule has 0 aromatic carbocycles. The molecule has 1 rings (SSSR count). The minimum atomic E-state index is 0.857. The number of anilines is 2. The van der Waals surface area contributed by atoms with Crippen LogP contribution in [0.5, 0.6) is 0 Å². The summed E-state index contributed by atoms with van der Waals surface area (Å²) in [6.07, 6.45) is 3.16. The summed E-state index contributed by atoms with van der Waals surface area (Å²) in [6, 6.07) is 0. The number of nitrogen functional groups attached to an aromatic ring is 1. The van der Waals surface area contributed by atoms with E-state index in [1.54, 1.807) is 0 Å². The summed E-state index contributed by atoms with van der Waals surface area (Å²) in [5.74, 6) is 1.07. The van der Waals surface area contributed by atoms with Crippen LogP contribution in [0.25, 0.3) is 0 Å². The van der Waals surface area contributed by atoms with Crippen LogP contribution < -0.4 is 10.6 Å². The van der Waals surface area contributed by atoms with Gasteiger partial charge < -0.3 is 15.5 Å². The zero-order valence-corrected chi connectivity index (χ0v) is 13.1. The fourth-order valence-corrected chi connectivity index (χ4v) is 2.37. The number of hydrogen-bond acceptors (Lipinski definition) is 4. The van der Waals surface area contributed by atoms with Crippen LogP contribution in [0.1, 0.15) is 32.4 Å². The monoisotopic (exact) mass is 267 g/mol. The van der Waals surface area contributed by atoms with Gasteiger partial charge in [-0.2, -0.15) is 5.10 Å². The van der Waals surface area contributed by atoms with Crippen LogP contribution in [0.3, 0.4) is 0 Å². The second-order valence-electron chi connectivity index (χ2n) is 5.29. The summed E-state index contributed by atoms with van der Waals surface area (Å²) >= 11 is 0. The highest BCUT2D eigenvalue weighted by Crippen LogP contribution is 2.27. The molecule has 0 saturated carbocycles. The van der Waals surface area contributed by atoms with E-state index in [-0.39, 0.29) is 0 Å². The van der Waals surface area contributed by atoms with Gasteiger partial charge in [-0.25, -0.2) is 0 Å². The minimum absolute atomic E-state index is 0.857. The number of nitrogens with zero attached hydrogens (tertiary/aromatic N) is 4. The topological polar surface area (TPSA) is 50.3 Å². The quantitative estimate of drug-likeness (QED) is 0.779. The van der Waals surface area contributed by atoms with Crippen LogP contribution in [0.15, 0.2) is 0 Å². The molecule has 1 aromatic heterocycles. The van der Waals surface area contributed by atoms with E-state index in [9.17, 15) is 0 Å². The number of aryl methyl sites for hydroxylation is 2. The molecule has 2 N–H and O–H groups in total. The number of hydrogen-bond donors (Lipinski definition) is 1. The third-order valence-electron chi connectivity index (χ3n) is 3.33. The predicted octanol–water partition coefficient (Wildman–Crippen LogP) is 1.73. The second-order valence-corrected chi connectivity index (χ2v) is 5.29. The first-order valence-corrected chi connectivity index (χ1v) is 7.22. The van der Waals surface area contributed by atoms with Crippen molar-refractivity contribution in [2.75, 3.05) is 44.4 Å². The van der Waals surface area contributed by atoms with E-state index in [0.717, 1.165) is 56.1 Å². The van der Waals surface area contributed by atoms with E-state index in [0.29, 0.717) is 0 Å². The van der Waals surface area contributed by atoms with Gasteiger partial charge in [0.2, 0.25) is 0 Å². The highest BCUT2D eigenvalue weighted by atomic mass is 15.4. The van der Waals surface area contributed by atoms with E-state index in [2.05, 4.69) is 42.8 Å². The van der Waals surface area contributed by atoms with Crippen LogP contribution in [0.2, 0.25) is 0 Å². The maximum absolute atomic E-state index is 6.26. The summed E-state index contributed by atoms with van der Waals surface area (Å²) in [5, 5.41) is 4.55. The summed E-state index contributed by atoms with van der Waals surface area (Å²) in [7, 11) is 6.20. The molecule has 0 radical (unpaired) electrons. The lowest BCUT2D eigenvalue weighted by Crippen LogP contribution is -2.29. The van der Waals surface area contributed by atoms with Crippen molar-refractivity contribution in [3.63, 3.8) is 0 Å². The molecule has 19 heavy (non-hydrogen) atoms. The van der Waals surface area contributed by atoms with E-state index in [1.165, 1.54) is 0 Å². The SMILES string of the molecule is CCCc1nn(C)c(N(CC)CCCN(C)C)c1N. The molecule has 0 atom stereocenters. The van der Waals surface area contributed by atoms with Crippen LogP contribution in [-0.2, 0) is 13.5 Å². The average Bonchev–Trinajstić information content (AvgIpc) is 2.61. The Labute approximate surface area is 117 Å². The van der Waals surface area contributed by atoms with Gasteiger partial charge in [-0.3, -0.25) is 4.68 Å². The normalized spacial score (nSPS) is 11.3. The average molecular weight is 267 g/mol. The Bertz CT molecular complexity index is 383. The molecule has 0 spiro atoms. The number of nitrogens with two attached hydrogens (primary N) is 1. The van der Waals surface area contributed by atoms with Gasteiger partial charge in [0.05, 0.1) is 11.4 Å². The molecule has 0 aliphatic heterocycles. The zero-order chi connectivity index (χ0) is 14.4. The van der Waals surface area contributed by atoms with Gasteiger partial charge in [-0.1, -0.05) is 13.3 Å². The van der Waals surface area contributed by atoms with E-state index >= 15 is 0 Å². The first-order valence-electron chi connectivity index (χ1n) is 7.22. The Hall–Kier alpha value is -1.23. The lowest BCUT2D eigenvalue weighted by molar-refractivity contribution is 0.400. The van der Waals surface area contributed by atoms with Gasteiger partial charge in [-0.05, 0) is 40.4 Å². The zero-order valence-electron chi connectivity index (χ0n) is 13.1. The molecule has 1 aromatic rings. The summed E-state index contributed by atoms with van der Waals surface area (Å²) in [5.41, 5.74) is 8.15. The molecular formula is C14H29N5. The largest absolute Gasteiger partial charge is 0.394 e. The molecule has 0 aliphatic rings. The fourth-order valence-electron chi connectivity index (χ4n) is 2.37. The van der Waals surface area contributed by atoms with Gasteiger partial charge in [0.25, 0.3) is 0 Å². The molecule has 0 amide bonds. The molecule has 0 aliphatic carbocycles. The van der Waals surface area contributed by atoms with Crippen molar-refractivity contribution in [2.45, 2.75) is 33.1 Å². The highest BCUT2D eigenvalue weighted by Gasteiger charge is 2.17. The van der Waals surface area contributed by atoms with Crippen LogP contribution in [-0.4, -0.2) is 48.4 Å². The van der Waals surface area contributed by atoms with E-state index in [4.69, 9.17) is 5.73 Å². The number of aromatic nitrogens is 2. The first kappa shape index (κ1) is 15.8. The summed E-state index contributed by atoms with van der Waals surface area (Å²) in [6.45, 7) is 7.40. The predicted molar refractivity (Wildman–Crippen MR) is 82.7 cm³/mol. The lowest BCUT2D eigenvalue weighted by Gasteiger charge is -2.24. The molecule has 0 saturated heterocycles. The van der Waals surface area contributed by atoms with Crippen molar-refractivity contribution in [3.05, 3.63) is 5.69 Å². The molecule has 0 unspecified atom stereocenters. The van der Waals surface area contributed by atoms with Crippen molar-refractivity contribution in [3.8, 4) is 0 Å². The standard InChI is InChI=1S/C14H29N5/c1-6-9-12-13(15)14(18(5)16-12)19(7-2)11-8-10-17(3)4/h6-11,15H2,1-5H3. The fraction of sp³-hybridized carbons (Fsp3) is 0.786. The highest BCUT2D eigenvalue weighted by molar-refractivity contribution is 5.66. The van der Waals surface area contributed by atoms with Gasteiger partial charge in [0, 0.05) is 20.1 Å². The molecule has 5 heteroatoms. The Morgan fingerprint density at radius 2 is 1.89 bits per heavy atom. The van der Waals surface area contributed by atoms with Gasteiger partial charge in [0.1, 0.15) is 5.82 Å². The van der Waals surface area contributed by atoms with Crippen LogP contribution in [0.4, 0.5) is 11.5 Å². The van der Waals surface area contributed by atoms with Crippen molar-refractivity contribution < 1.29 is 0 Å². The first-order chi connectivity index (χ1) is 9.01. The molecule has 110 valence electrons. The molecule has 0 bridgehead atoms. The van der Waals surface area contributed by atoms with Gasteiger partial charge in [-0.15, -0.1) is 0 Å². The van der Waals surface area contributed by atoms with Crippen molar-refractivity contribution in [2.24, 2.45) is 7.05 Å². The van der Waals surface area contributed by atoms with Gasteiger partial charge >= 0.3 is 0 Å². The van der Waals surface area contributed by atoms with E-state index in [1.807, 2.05) is 11.7 Å². The molecular weight excluding hydrogens is 238 g/mol. The van der Waals surface area contributed by atoms with Crippen LogP contribution >= 0.6 is 0 Å². The Balaban J connectivity index is 2.80. The molecule has 5 nitrogen and oxygen atoms in total. The molecule has 1 heterocycles.